The smallest absolute Gasteiger partial charge is 0.156 e. The van der Waals surface area contributed by atoms with Crippen LogP contribution in [-0.2, 0) is 9.84 Å². The summed E-state index contributed by atoms with van der Waals surface area (Å²) in [5.41, 5.74) is 2.89. The number of oxime groups is 1. The highest BCUT2D eigenvalue weighted by molar-refractivity contribution is 7.92. The molecule has 0 radical (unpaired) electrons. The number of nitrogens with zero attached hydrogens (tertiary/aromatic N) is 1. The quantitative estimate of drug-likeness (QED) is 0.522. The van der Waals surface area contributed by atoms with E-state index < -0.39 is 15.1 Å². The van der Waals surface area contributed by atoms with Gasteiger partial charge in [0.25, 0.3) is 0 Å². The number of benzene rings is 2. The first kappa shape index (κ1) is 16.2. The Labute approximate surface area is 131 Å². The van der Waals surface area contributed by atoms with Crippen molar-refractivity contribution in [1.82, 2.24) is 0 Å². The predicted octanol–water partition coefficient (Wildman–Crippen LogP) is 3.36. The van der Waals surface area contributed by atoms with Crippen molar-refractivity contribution in [1.29, 1.82) is 0 Å². The van der Waals surface area contributed by atoms with Crippen molar-refractivity contribution in [2.75, 3.05) is 6.26 Å². The summed E-state index contributed by atoms with van der Waals surface area (Å²) in [6.45, 7) is 1.76. The second-order valence-electron chi connectivity index (χ2n) is 5.16. The van der Waals surface area contributed by atoms with Crippen molar-refractivity contribution in [3.05, 3.63) is 60.2 Å². The third-order valence-electron chi connectivity index (χ3n) is 3.59. The zero-order valence-corrected chi connectivity index (χ0v) is 13.4. The Morgan fingerprint density at radius 2 is 1.59 bits per heavy atom. The molecule has 2 rings (SSSR count). The van der Waals surface area contributed by atoms with Crippen LogP contribution < -0.4 is 0 Å². The molecule has 0 saturated carbocycles. The van der Waals surface area contributed by atoms with Gasteiger partial charge in [-0.15, -0.1) is 0 Å². The van der Waals surface area contributed by atoms with Crippen LogP contribution in [0.3, 0.4) is 0 Å². The van der Waals surface area contributed by atoms with E-state index in [-0.39, 0.29) is 5.71 Å². The molecular weight excluding hydrogens is 298 g/mol. The molecule has 0 aliphatic heterocycles. The van der Waals surface area contributed by atoms with Crippen molar-refractivity contribution in [3.8, 4) is 11.1 Å². The lowest BCUT2D eigenvalue weighted by Gasteiger charge is -2.15. The van der Waals surface area contributed by atoms with Gasteiger partial charge in [0.2, 0.25) is 0 Å². The van der Waals surface area contributed by atoms with Crippen LogP contribution in [0, 0.1) is 0 Å². The van der Waals surface area contributed by atoms with Crippen LogP contribution in [0.1, 0.15) is 18.9 Å². The molecule has 0 saturated heterocycles. The van der Waals surface area contributed by atoms with Gasteiger partial charge in [-0.05, 0) is 17.5 Å². The largest absolute Gasteiger partial charge is 0.411 e. The van der Waals surface area contributed by atoms with Crippen LogP contribution in [0.15, 0.2) is 59.8 Å². The molecular formula is C17H19NO3S. The molecule has 2 aromatic carbocycles. The molecule has 0 aromatic heterocycles. The van der Waals surface area contributed by atoms with Crippen LogP contribution in [-0.4, -0.2) is 30.8 Å². The highest BCUT2D eigenvalue weighted by atomic mass is 32.2. The van der Waals surface area contributed by atoms with E-state index in [1.54, 1.807) is 19.1 Å². The zero-order chi connectivity index (χ0) is 16.2. The maximum Gasteiger partial charge on any atom is 0.156 e. The summed E-state index contributed by atoms with van der Waals surface area (Å²) in [5.74, 6) is 0. The van der Waals surface area contributed by atoms with Crippen molar-refractivity contribution in [2.45, 2.75) is 18.6 Å². The maximum absolute atomic E-state index is 11.8. The highest BCUT2D eigenvalue weighted by Crippen LogP contribution is 2.21. The molecule has 0 fully saturated rings. The standard InChI is InChI=1S/C17H19NO3S/c1-3-16(22(2,20)21)17(18-19)15-11-9-14(10-12-15)13-7-5-4-6-8-13/h4-12,16,19H,3H2,1-2H3/b18-17-/t16-/m0/s1. The Balaban J connectivity index is 2.37. The van der Waals surface area contributed by atoms with E-state index in [9.17, 15) is 13.6 Å². The summed E-state index contributed by atoms with van der Waals surface area (Å²) in [4.78, 5) is 0. The number of hydrogen-bond acceptors (Lipinski definition) is 4. The fourth-order valence-corrected chi connectivity index (χ4v) is 3.67. The summed E-state index contributed by atoms with van der Waals surface area (Å²) >= 11 is 0. The Hall–Kier alpha value is -2.14. The molecule has 0 spiro atoms. The van der Waals surface area contributed by atoms with Crippen LogP contribution in [0.2, 0.25) is 0 Å². The molecule has 2 aromatic rings. The lowest BCUT2D eigenvalue weighted by atomic mass is 10.0. The average Bonchev–Trinajstić information content (AvgIpc) is 2.52. The summed E-state index contributed by atoms with van der Waals surface area (Å²) in [5, 5.41) is 11.7. The van der Waals surface area contributed by atoms with Crippen molar-refractivity contribution >= 4 is 15.5 Å². The van der Waals surface area contributed by atoms with E-state index in [1.807, 2.05) is 42.5 Å². The van der Waals surface area contributed by atoms with Gasteiger partial charge < -0.3 is 5.21 Å². The molecule has 1 atom stereocenters. The molecule has 0 bridgehead atoms. The lowest BCUT2D eigenvalue weighted by Crippen LogP contribution is -2.29. The monoisotopic (exact) mass is 317 g/mol. The Bertz CT molecular complexity index is 750. The molecule has 0 heterocycles. The molecule has 116 valence electrons. The van der Waals surface area contributed by atoms with Gasteiger partial charge >= 0.3 is 0 Å². The average molecular weight is 317 g/mol. The first-order valence-corrected chi connectivity index (χ1v) is 8.99. The zero-order valence-electron chi connectivity index (χ0n) is 12.6. The summed E-state index contributed by atoms with van der Waals surface area (Å²) in [7, 11) is -3.33. The van der Waals surface area contributed by atoms with Gasteiger partial charge in [0, 0.05) is 11.8 Å². The maximum atomic E-state index is 11.8. The minimum Gasteiger partial charge on any atom is -0.411 e. The van der Waals surface area contributed by atoms with Crippen LogP contribution in [0.25, 0.3) is 11.1 Å². The van der Waals surface area contributed by atoms with Crippen molar-refractivity contribution in [2.24, 2.45) is 5.16 Å². The second-order valence-corrected chi connectivity index (χ2v) is 7.38. The summed E-state index contributed by atoms with van der Waals surface area (Å²) in [6, 6.07) is 17.2. The van der Waals surface area contributed by atoms with Crippen molar-refractivity contribution < 1.29 is 13.6 Å². The number of hydrogen-bond donors (Lipinski definition) is 1. The SMILES string of the molecule is CC[C@@H](/C(=N\O)c1ccc(-c2ccccc2)cc1)S(C)(=O)=O. The number of sulfone groups is 1. The van der Waals surface area contributed by atoms with Gasteiger partial charge in [0.05, 0.1) is 0 Å². The van der Waals surface area contributed by atoms with Crippen LogP contribution >= 0.6 is 0 Å². The predicted molar refractivity (Wildman–Crippen MR) is 89.1 cm³/mol. The minimum absolute atomic E-state index is 0.185. The van der Waals surface area contributed by atoms with Gasteiger partial charge in [-0.3, -0.25) is 0 Å². The molecule has 0 aliphatic carbocycles. The van der Waals surface area contributed by atoms with Gasteiger partial charge in [0.15, 0.2) is 9.84 Å². The first-order chi connectivity index (χ1) is 10.5. The Morgan fingerprint density at radius 1 is 1.05 bits per heavy atom. The highest BCUT2D eigenvalue weighted by Gasteiger charge is 2.26. The third kappa shape index (κ3) is 3.54. The summed E-state index contributed by atoms with van der Waals surface area (Å²) in [6.07, 6.45) is 1.52. The third-order valence-corrected chi connectivity index (χ3v) is 5.18. The van der Waals surface area contributed by atoms with E-state index in [2.05, 4.69) is 5.16 Å². The first-order valence-electron chi connectivity index (χ1n) is 7.04. The molecule has 0 amide bonds. The molecule has 0 aliphatic rings. The van der Waals surface area contributed by atoms with Gasteiger partial charge in [0.1, 0.15) is 11.0 Å². The topological polar surface area (TPSA) is 66.7 Å². The van der Waals surface area contributed by atoms with Crippen molar-refractivity contribution in [3.63, 3.8) is 0 Å². The van der Waals surface area contributed by atoms with Crippen LogP contribution in [0.4, 0.5) is 0 Å². The fraction of sp³-hybridized carbons (Fsp3) is 0.235. The Kier molecular flexibility index (Phi) is 4.98. The van der Waals surface area contributed by atoms with Gasteiger partial charge in [-0.1, -0.05) is 66.7 Å². The molecule has 5 heteroatoms. The summed E-state index contributed by atoms with van der Waals surface area (Å²) < 4.78 is 23.7. The van der Waals surface area contributed by atoms with Gasteiger partial charge in [-0.25, -0.2) is 8.42 Å². The van der Waals surface area contributed by atoms with E-state index in [0.29, 0.717) is 12.0 Å². The van der Waals surface area contributed by atoms with E-state index in [1.165, 1.54) is 0 Å². The van der Waals surface area contributed by atoms with Crippen LogP contribution in [0.5, 0.6) is 0 Å². The van der Waals surface area contributed by atoms with E-state index in [4.69, 9.17) is 0 Å². The number of rotatable bonds is 5. The Morgan fingerprint density at radius 3 is 2.05 bits per heavy atom. The molecule has 0 unspecified atom stereocenters. The normalized spacial score (nSPS) is 13.8. The van der Waals surface area contributed by atoms with Gasteiger partial charge in [-0.2, -0.15) is 0 Å². The van der Waals surface area contributed by atoms with E-state index in [0.717, 1.165) is 17.4 Å². The molecule has 4 nitrogen and oxygen atoms in total. The fourth-order valence-electron chi connectivity index (χ4n) is 2.47. The molecule has 22 heavy (non-hydrogen) atoms. The minimum atomic E-state index is -3.33. The lowest BCUT2D eigenvalue weighted by molar-refractivity contribution is 0.318. The second kappa shape index (κ2) is 6.75. The van der Waals surface area contributed by atoms with E-state index >= 15 is 0 Å². The molecule has 1 N–H and O–H groups in total.